The first-order valence-corrected chi connectivity index (χ1v) is 7.98. The number of esters is 1. The summed E-state index contributed by atoms with van der Waals surface area (Å²) >= 11 is 1.96. The van der Waals surface area contributed by atoms with Crippen LogP contribution in [0.2, 0.25) is 0 Å². The number of urea groups is 1. The van der Waals surface area contributed by atoms with Crippen LogP contribution in [0.4, 0.5) is 4.79 Å². The molecule has 0 saturated heterocycles. The van der Waals surface area contributed by atoms with Crippen LogP contribution in [0.1, 0.15) is 25.5 Å². The molecule has 0 radical (unpaired) electrons. The van der Waals surface area contributed by atoms with E-state index in [0.29, 0.717) is 20.4 Å². The van der Waals surface area contributed by atoms with Crippen molar-refractivity contribution in [1.82, 2.24) is 10.6 Å². The van der Waals surface area contributed by atoms with Gasteiger partial charge in [-0.3, -0.25) is 0 Å². The van der Waals surface area contributed by atoms with Gasteiger partial charge in [0.25, 0.3) is 0 Å². The number of nitrogens with one attached hydrogen (secondary N) is 2. The van der Waals surface area contributed by atoms with E-state index in [1.54, 1.807) is 26.0 Å². The number of phenolic OH excluding ortho intramolecular Hbond substituents is 1. The summed E-state index contributed by atoms with van der Waals surface area (Å²) in [6, 6.07) is 2.16. The minimum atomic E-state index is -0.689. The molecule has 23 heavy (non-hydrogen) atoms. The van der Waals surface area contributed by atoms with Crippen molar-refractivity contribution >= 4 is 34.6 Å². The predicted molar refractivity (Wildman–Crippen MR) is 91.1 cm³/mol. The van der Waals surface area contributed by atoms with Gasteiger partial charge in [0.2, 0.25) is 0 Å². The zero-order valence-electron chi connectivity index (χ0n) is 12.9. The molecule has 1 aliphatic rings. The van der Waals surface area contributed by atoms with Gasteiger partial charge < -0.3 is 25.2 Å². The maximum Gasteiger partial charge on any atom is 0.338 e. The van der Waals surface area contributed by atoms with Crippen molar-refractivity contribution < 1.29 is 24.2 Å². The fraction of sp³-hybridized carbons (Fsp3) is 0.333. The smallest absolute Gasteiger partial charge is 0.338 e. The predicted octanol–water partition coefficient (Wildman–Crippen LogP) is 2.20. The van der Waals surface area contributed by atoms with Gasteiger partial charge in [-0.05, 0) is 54.1 Å². The molecule has 0 spiro atoms. The fourth-order valence-corrected chi connectivity index (χ4v) is 2.96. The number of rotatable bonds is 4. The van der Waals surface area contributed by atoms with Gasteiger partial charge >= 0.3 is 12.0 Å². The number of phenols is 1. The Morgan fingerprint density at radius 2 is 2.13 bits per heavy atom. The van der Waals surface area contributed by atoms with E-state index in [4.69, 9.17) is 9.47 Å². The number of carbonyl (C=O) groups is 2. The summed E-state index contributed by atoms with van der Waals surface area (Å²) in [5.41, 5.74) is 1.36. The molecule has 0 unspecified atom stereocenters. The van der Waals surface area contributed by atoms with E-state index in [9.17, 15) is 14.7 Å². The molecule has 0 saturated carbocycles. The average molecular weight is 432 g/mol. The topological polar surface area (TPSA) is 96.9 Å². The van der Waals surface area contributed by atoms with Crippen molar-refractivity contribution in [3.05, 3.63) is 32.5 Å². The lowest BCUT2D eigenvalue weighted by Crippen LogP contribution is -2.45. The summed E-state index contributed by atoms with van der Waals surface area (Å²) in [5, 5.41) is 15.2. The third kappa shape index (κ3) is 3.52. The van der Waals surface area contributed by atoms with Crippen LogP contribution in [0.25, 0.3) is 0 Å². The zero-order valence-corrected chi connectivity index (χ0v) is 15.1. The average Bonchev–Trinajstić information content (AvgIpc) is 2.49. The van der Waals surface area contributed by atoms with Crippen molar-refractivity contribution in [2.75, 3.05) is 13.7 Å². The lowest BCUT2D eigenvalue weighted by molar-refractivity contribution is -0.139. The number of allylic oxidation sites excluding steroid dienone is 1. The standard InChI is InChI=1S/C15H17IN2O5/c1-4-23-14(20)11-7(2)17-15(21)18-12(11)8-5-9(16)13(19)10(6-8)22-3/h5-6,12,19H,4H2,1-3H3,(H2,17,18,21)/t12-/m0/s1. The molecular weight excluding hydrogens is 415 g/mol. The summed E-state index contributed by atoms with van der Waals surface area (Å²) in [4.78, 5) is 24.0. The number of aromatic hydroxyl groups is 1. The first-order valence-electron chi connectivity index (χ1n) is 6.90. The van der Waals surface area contributed by atoms with Crippen LogP contribution in [0.3, 0.4) is 0 Å². The van der Waals surface area contributed by atoms with Gasteiger partial charge in [-0.15, -0.1) is 0 Å². The highest BCUT2D eigenvalue weighted by Gasteiger charge is 2.33. The van der Waals surface area contributed by atoms with Crippen molar-refractivity contribution in [3.63, 3.8) is 0 Å². The first kappa shape index (κ1) is 17.4. The zero-order chi connectivity index (χ0) is 17.1. The molecule has 8 heteroatoms. The Labute approximate surface area is 147 Å². The molecule has 2 rings (SSSR count). The highest BCUT2D eigenvalue weighted by molar-refractivity contribution is 14.1. The Morgan fingerprint density at radius 1 is 1.43 bits per heavy atom. The van der Waals surface area contributed by atoms with Gasteiger partial charge in [0, 0.05) is 5.70 Å². The van der Waals surface area contributed by atoms with Gasteiger partial charge in [0.05, 0.1) is 28.9 Å². The largest absolute Gasteiger partial charge is 0.504 e. The molecule has 1 atom stereocenters. The monoisotopic (exact) mass is 432 g/mol. The second-order valence-electron chi connectivity index (χ2n) is 4.84. The number of hydrogen-bond acceptors (Lipinski definition) is 5. The van der Waals surface area contributed by atoms with Gasteiger partial charge in [0.15, 0.2) is 11.5 Å². The Kier molecular flexibility index (Phi) is 5.34. The SMILES string of the molecule is CCOC(=O)C1=C(C)NC(=O)N[C@H]1c1cc(I)c(O)c(OC)c1. The van der Waals surface area contributed by atoms with Gasteiger partial charge in [-0.25, -0.2) is 9.59 Å². The maximum atomic E-state index is 12.3. The molecule has 1 aromatic rings. The Hall–Kier alpha value is -1.97. The molecule has 0 bridgehead atoms. The van der Waals surface area contributed by atoms with Crippen LogP contribution in [-0.2, 0) is 9.53 Å². The number of carbonyl (C=O) groups excluding carboxylic acids is 2. The summed E-state index contributed by atoms with van der Waals surface area (Å²) in [5.74, 6) is -0.236. The molecular formula is C15H17IN2O5. The van der Waals surface area contributed by atoms with Crippen LogP contribution in [0.5, 0.6) is 11.5 Å². The van der Waals surface area contributed by atoms with E-state index in [1.165, 1.54) is 7.11 Å². The van der Waals surface area contributed by atoms with Gasteiger partial charge in [-0.2, -0.15) is 0 Å². The number of benzene rings is 1. The number of hydrogen-bond donors (Lipinski definition) is 3. The molecule has 0 fully saturated rings. The van der Waals surface area contributed by atoms with Gasteiger partial charge in [-0.1, -0.05) is 0 Å². The van der Waals surface area contributed by atoms with E-state index < -0.39 is 18.0 Å². The highest BCUT2D eigenvalue weighted by atomic mass is 127. The lowest BCUT2D eigenvalue weighted by atomic mass is 9.95. The summed E-state index contributed by atoms with van der Waals surface area (Å²) in [6.07, 6.45) is 0. The van der Waals surface area contributed by atoms with Crippen molar-refractivity contribution in [3.8, 4) is 11.5 Å². The molecule has 1 aliphatic heterocycles. The van der Waals surface area contributed by atoms with E-state index in [-0.39, 0.29) is 18.1 Å². The minimum absolute atomic E-state index is 0.00972. The van der Waals surface area contributed by atoms with E-state index >= 15 is 0 Å². The van der Waals surface area contributed by atoms with Gasteiger partial charge in [0.1, 0.15) is 0 Å². The molecule has 0 aliphatic carbocycles. The minimum Gasteiger partial charge on any atom is -0.504 e. The molecule has 2 amide bonds. The van der Waals surface area contributed by atoms with Crippen molar-refractivity contribution in [2.45, 2.75) is 19.9 Å². The molecule has 1 heterocycles. The van der Waals surface area contributed by atoms with E-state index in [0.717, 1.165) is 0 Å². The Bertz CT molecular complexity index is 687. The summed E-state index contributed by atoms with van der Waals surface area (Å²) in [6.45, 7) is 3.58. The Morgan fingerprint density at radius 3 is 2.74 bits per heavy atom. The number of amides is 2. The molecule has 3 N–H and O–H groups in total. The number of halogens is 1. The van der Waals surface area contributed by atoms with Crippen LogP contribution in [-0.4, -0.2) is 30.8 Å². The van der Waals surface area contributed by atoms with Crippen LogP contribution >= 0.6 is 22.6 Å². The summed E-state index contributed by atoms with van der Waals surface area (Å²) < 4.78 is 10.8. The molecule has 0 aromatic heterocycles. The van der Waals surface area contributed by atoms with Crippen molar-refractivity contribution in [2.24, 2.45) is 0 Å². The maximum absolute atomic E-state index is 12.3. The third-order valence-corrected chi connectivity index (χ3v) is 4.19. The molecule has 1 aromatic carbocycles. The van der Waals surface area contributed by atoms with E-state index in [2.05, 4.69) is 10.6 Å². The normalized spacial score (nSPS) is 17.4. The first-order chi connectivity index (χ1) is 10.9. The second kappa shape index (κ2) is 7.07. The fourth-order valence-electron chi connectivity index (χ4n) is 2.34. The lowest BCUT2D eigenvalue weighted by Gasteiger charge is -2.28. The molecule has 124 valence electrons. The second-order valence-corrected chi connectivity index (χ2v) is 6.01. The van der Waals surface area contributed by atoms with Crippen LogP contribution in [0, 0.1) is 3.57 Å². The third-order valence-electron chi connectivity index (χ3n) is 3.37. The van der Waals surface area contributed by atoms with Crippen LogP contribution in [0.15, 0.2) is 23.4 Å². The number of methoxy groups -OCH3 is 1. The molecule has 7 nitrogen and oxygen atoms in total. The van der Waals surface area contributed by atoms with E-state index in [1.807, 2.05) is 22.6 Å². The van der Waals surface area contributed by atoms with Crippen molar-refractivity contribution in [1.29, 1.82) is 0 Å². The van der Waals surface area contributed by atoms with Crippen LogP contribution < -0.4 is 15.4 Å². The Balaban J connectivity index is 2.54. The summed E-state index contributed by atoms with van der Waals surface area (Å²) in [7, 11) is 1.43. The quantitative estimate of drug-likeness (QED) is 0.501. The number of ether oxygens (including phenoxy) is 2. The highest BCUT2D eigenvalue weighted by Crippen LogP contribution is 2.37.